The smallest absolute Gasteiger partial charge is 0.244 e. The third-order valence-electron chi connectivity index (χ3n) is 3.47. The summed E-state index contributed by atoms with van der Waals surface area (Å²) in [5, 5.41) is 11.6. The van der Waals surface area contributed by atoms with Gasteiger partial charge in [-0.05, 0) is 31.4 Å². The number of methoxy groups -OCH3 is 1. The summed E-state index contributed by atoms with van der Waals surface area (Å²) in [7, 11) is 1.53. The van der Waals surface area contributed by atoms with Crippen molar-refractivity contribution in [2.24, 2.45) is 5.73 Å². The van der Waals surface area contributed by atoms with E-state index in [1.165, 1.54) is 7.11 Å². The average Bonchev–Trinajstić information content (AvgIpc) is 2.42. The molecule has 1 aliphatic rings. The molecule has 1 aromatic rings. The first-order valence-electron chi connectivity index (χ1n) is 6.61. The molecule has 20 heavy (non-hydrogen) atoms. The van der Waals surface area contributed by atoms with Gasteiger partial charge in [-0.2, -0.15) is 0 Å². The Bertz CT molecular complexity index is 486. The van der Waals surface area contributed by atoms with Crippen LogP contribution in [0.4, 0.5) is 5.69 Å². The second kappa shape index (κ2) is 6.11. The van der Waals surface area contributed by atoms with Gasteiger partial charge in [0, 0.05) is 11.8 Å². The number of hydrogen-bond acceptors (Lipinski definition) is 5. The lowest BCUT2D eigenvalue weighted by atomic mass is 9.77. The summed E-state index contributed by atoms with van der Waals surface area (Å²) in [6, 6.07) is 5.09. The Morgan fingerprint density at radius 2 is 2.20 bits per heavy atom. The van der Waals surface area contributed by atoms with E-state index in [0.717, 1.165) is 6.42 Å². The van der Waals surface area contributed by atoms with Crippen LogP contribution in [0.1, 0.15) is 19.3 Å². The maximum absolute atomic E-state index is 12.0. The molecule has 4 N–H and O–H groups in total. The summed E-state index contributed by atoms with van der Waals surface area (Å²) >= 11 is 0. The van der Waals surface area contributed by atoms with Crippen LogP contribution < -0.4 is 20.5 Å². The standard InChI is InChI=1S/C14H20N2O4/c1-19-11-4-3-10(9-12(11)20-8-7-17)16-13(18)14(15)5-2-6-14/h3-4,9,17H,2,5-8,15H2,1H3,(H,16,18). The Labute approximate surface area is 117 Å². The van der Waals surface area contributed by atoms with Crippen molar-refractivity contribution in [2.75, 3.05) is 25.6 Å². The fraction of sp³-hybridized carbons (Fsp3) is 0.500. The Balaban J connectivity index is 2.09. The van der Waals surface area contributed by atoms with Gasteiger partial charge in [0.25, 0.3) is 0 Å². The van der Waals surface area contributed by atoms with Gasteiger partial charge in [0.15, 0.2) is 11.5 Å². The van der Waals surface area contributed by atoms with Crippen LogP contribution in [-0.4, -0.2) is 36.9 Å². The molecule has 0 spiro atoms. The maximum Gasteiger partial charge on any atom is 0.244 e. The van der Waals surface area contributed by atoms with E-state index in [-0.39, 0.29) is 19.1 Å². The second-order valence-electron chi connectivity index (χ2n) is 4.90. The summed E-state index contributed by atoms with van der Waals surface area (Å²) in [5.74, 6) is 0.837. The van der Waals surface area contributed by atoms with Crippen LogP contribution in [0.15, 0.2) is 18.2 Å². The predicted molar refractivity (Wildman–Crippen MR) is 75.0 cm³/mol. The number of nitrogens with one attached hydrogen (secondary N) is 1. The van der Waals surface area contributed by atoms with E-state index in [0.29, 0.717) is 30.0 Å². The van der Waals surface area contributed by atoms with Crippen molar-refractivity contribution in [2.45, 2.75) is 24.8 Å². The first-order valence-corrected chi connectivity index (χ1v) is 6.61. The molecule has 0 aliphatic heterocycles. The lowest BCUT2D eigenvalue weighted by Crippen LogP contribution is -2.56. The zero-order valence-corrected chi connectivity index (χ0v) is 11.5. The van der Waals surface area contributed by atoms with E-state index in [4.69, 9.17) is 20.3 Å². The highest BCUT2D eigenvalue weighted by molar-refractivity contribution is 5.98. The lowest BCUT2D eigenvalue weighted by molar-refractivity contribution is -0.123. The van der Waals surface area contributed by atoms with Crippen LogP contribution in [0.5, 0.6) is 11.5 Å². The number of ether oxygens (including phenoxy) is 2. The molecular weight excluding hydrogens is 260 g/mol. The first-order chi connectivity index (χ1) is 9.59. The van der Waals surface area contributed by atoms with E-state index < -0.39 is 5.54 Å². The zero-order valence-electron chi connectivity index (χ0n) is 11.5. The van der Waals surface area contributed by atoms with Crippen LogP contribution >= 0.6 is 0 Å². The van der Waals surface area contributed by atoms with E-state index >= 15 is 0 Å². The molecule has 1 saturated carbocycles. The Hall–Kier alpha value is -1.79. The van der Waals surface area contributed by atoms with Crippen molar-refractivity contribution in [1.82, 2.24) is 0 Å². The molecule has 1 aliphatic carbocycles. The molecular formula is C14H20N2O4. The van der Waals surface area contributed by atoms with Crippen LogP contribution in [0.25, 0.3) is 0 Å². The fourth-order valence-corrected chi connectivity index (χ4v) is 2.06. The van der Waals surface area contributed by atoms with Crippen molar-refractivity contribution in [3.63, 3.8) is 0 Å². The summed E-state index contributed by atoms with van der Waals surface area (Å²) in [6.07, 6.45) is 2.41. The number of aliphatic hydroxyl groups excluding tert-OH is 1. The van der Waals surface area contributed by atoms with Crippen molar-refractivity contribution in [3.05, 3.63) is 18.2 Å². The van der Waals surface area contributed by atoms with Crippen molar-refractivity contribution in [3.8, 4) is 11.5 Å². The second-order valence-corrected chi connectivity index (χ2v) is 4.90. The number of amides is 1. The minimum atomic E-state index is -0.744. The number of aliphatic hydroxyl groups is 1. The minimum absolute atomic E-state index is 0.0916. The number of carbonyl (C=O) groups excluding carboxylic acids is 1. The molecule has 0 unspecified atom stereocenters. The quantitative estimate of drug-likeness (QED) is 0.719. The molecule has 0 heterocycles. The molecule has 110 valence electrons. The number of rotatable bonds is 6. The lowest BCUT2D eigenvalue weighted by Gasteiger charge is -2.36. The SMILES string of the molecule is COc1ccc(NC(=O)C2(N)CCC2)cc1OCCO. The predicted octanol–water partition coefficient (Wildman–Crippen LogP) is 0.886. The minimum Gasteiger partial charge on any atom is -0.493 e. The third kappa shape index (κ3) is 3.02. The summed E-state index contributed by atoms with van der Waals surface area (Å²) in [5.41, 5.74) is 5.82. The number of benzene rings is 1. The van der Waals surface area contributed by atoms with Crippen molar-refractivity contribution >= 4 is 11.6 Å². The maximum atomic E-state index is 12.0. The topological polar surface area (TPSA) is 93.8 Å². The van der Waals surface area contributed by atoms with Gasteiger partial charge < -0.3 is 25.6 Å². The average molecular weight is 280 g/mol. The van der Waals surface area contributed by atoms with Gasteiger partial charge >= 0.3 is 0 Å². The van der Waals surface area contributed by atoms with Gasteiger partial charge in [0.1, 0.15) is 6.61 Å². The number of carbonyl (C=O) groups is 1. The normalized spacial score (nSPS) is 16.1. The monoisotopic (exact) mass is 280 g/mol. The fourth-order valence-electron chi connectivity index (χ4n) is 2.06. The molecule has 0 atom stereocenters. The van der Waals surface area contributed by atoms with Gasteiger partial charge in [0.05, 0.1) is 19.3 Å². The molecule has 1 fully saturated rings. The van der Waals surface area contributed by atoms with E-state index in [2.05, 4.69) is 5.32 Å². The summed E-state index contributed by atoms with van der Waals surface area (Å²) in [4.78, 5) is 12.0. The first kappa shape index (κ1) is 14.6. The van der Waals surface area contributed by atoms with Crippen LogP contribution in [-0.2, 0) is 4.79 Å². The molecule has 2 rings (SSSR count). The van der Waals surface area contributed by atoms with E-state index in [9.17, 15) is 4.79 Å². The summed E-state index contributed by atoms with van der Waals surface area (Å²) in [6.45, 7) is 0.0697. The van der Waals surface area contributed by atoms with Crippen LogP contribution in [0.2, 0.25) is 0 Å². The molecule has 0 bridgehead atoms. The van der Waals surface area contributed by atoms with Gasteiger partial charge in [0.2, 0.25) is 5.91 Å². The zero-order chi connectivity index (χ0) is 14.6. The van der Waals surface area contributed by atoms with Crippen molar-refractivity contribution in [1.29, 1.82) is 0 Å². The Morgan fingerprint density at radius 3 is 2.75 bits per heavy atom. The largest absolute Gasteiger partial charge is 0.493 e. The molecule has 0 aromatic heterocycles. The summed E-state index contributed by atoms with van der Waals surface area (Å²) < 4.78 is 10.5. The highest BCUT2D eigenvalue weighted by Gasteiger charge is 2.40. The van der Waals surface area contributed by atoms with Crippen LogP contribution in [0, 0.1) is 0 Å². The van der Waals surface area contributed by atoms with Gasteiger partial charge in [-0.25, -0.2) is 0 Å². The Morgan fingerprint density at radius 1 is 1.45 bits per heavy atom. The number of anilines is 1. The van der Waals surface area contributed by atoms with Gasteiger partial charge in [-0.3, -0.25) is 4.79 Å². The van der Waals surface area contributed by atoms with Gasteiger partial charge in [-0.1, -0.05) is 0 Å². The molecule has 0 radical (unpaired) electrons. The molecule has 0 saturated heterocycles. The number of nitrogens with two attached hydrogens (primary N) is 1. The molecule has 1 amide bonds. The highest BCUT2D eigenvalue weighted by atomic mass is 16.5. The number of hydrogen-bond donors (Lipinski definition) is 3. The Kier molecular flexibility index (Phi) is 4.46. The van der Waals surface area contributed by atoms with E-state index in [1.54, 1.807) is 18.2 Å². The highest BCUT2D eigenvalue weighted by Crippen LogP contribution is 2.33. The van der Waals surface area contributed by atoms with Gasteiger partial charge in [-0.15, -0.1) is 0 Å². The van der Waals surface area contributed by atoms with E-state index in [1.807, 2.05) is 0 Å². The molecule has 6 nitrogen and oxygen atoms in total. The van der Waals surface area contributed by atoms with Crippen molar-refractivity contribution < 1.29 is 19.4 Å². The molecule has 1 aromatic carbocycles. The van der Waals surface area contributed by atoms with Crippen LogP contribution in [0.3, 0.4) is 0 Å². The third-order valence-corrected chi connectivity index (χ3v) is 3.47. The molecule has 6 heteroatoms.